The van der Waals surface area contributed by atoms with Crippen LogP contribution in [0.25, 0.3) is 0 Å². The summed E-state index contributed by atoms with van der Waals surface area (Å²) >= 11 is 0. The van der Waals surface area contributed by atoms with E-state index in [9.17, 15) is 8.42 Å². The Balaban J connectivity index is 1.79. The van der Waals surface area contributed by atoms with Gasteiger partial charge in [0, 0.05) is 24.9 Å². The number of rotatable bonds is 3. The predicted octanol–water partition coefficient (Wildman–Crippen LogP) is 1.74. The lowest BCUT2D eigenvalue weighted by molar-refractivity contribution is 0.0980. The van der Waals surface area contributed by atoms with Crippen molar-refractivity contribution in [2.75, 3.05) is 18.9 Å². The molecule has 1 aromatic carbocycles. The quantitative estimate of drug-likeness (QED) is 0.833. The Kier molecular flexibility index (Phi) is 4.19. The number of ether oxygens (including phenoxy) is 1. The van der Waals surface area contributed by atoms with Crippen LogP contribution in [0.3, 0.4) is 0 Å². The van der Waals surface area contributed by atoms with Crippen LogP contribution in [0.4, 0.5) is 5.69 Å². The van der Waals surface area contributed by atoms with Crippen molar-refractivity contribution in [3.05, 3.63) is 29.3 Å². The van der Waals surface area contributed by atoms with E-state index in [0.29, 0.717) is 26.1 Å². The maximum absolute atomic E-state index is 12.5. The molecule has 0 radical (unpaired) electrons. The molecule has 116 valence electrons. The Labute approximate surface area is 125 Å². The molecule has 5 nitrogen and oxygen atoms in total. The second kappa shape index (κ2) is 5.94. The summed E-state index contributed by atoms with van der Waals surface area (Å²) in [7, 11) is -3.30. The van der Waals surface area contributed by atoms with Crippen LogP contribution < -0.4 is 10.5 Å². The number of hydrogen-bond donors (Lipinski definition) is 2. The number of sulfonamides is 1. The van der Waals surface area contributed by atoms with Crippen LogP contribution in [0.15, 0.2) is 18.2 Å². The first-order valence-electron chi connectivity index (χ1n) is 7.53. The molecule has 3 N–H and O–H groups in total. The highest BCUT2D eigenvalue weighted by molar-refractivity contribution is 7.90. The molecule has 0 saturated carbocycles. The molecule has 0 spiro atoms. The first-order valence-corrected chi connectivity index (χ1v) is 9.08. The molecule has 0 aromatic heterocycles. The highest BCUT2D eigenvalue weighted by Crippen LogP contribution is 2.32. The number of anilines is 1. The summed E-state index contributed by atoms with van der Waals surface area (Å²) in [6.45, 7) is 1.06. The van der Waals surface area contributed by atoms with E-state index in [2.05, 4.69) is 4.72 Å². The monoisotopic (exact) mass is 310 g/mol. The summed E-state index contributed by atoms with van der Waals surface area (Å²) < 4.78 is 33.2. The van der Waals surface area contributed by atoms with Crippen molar-refractivity contribution in [2.45, 2.75) is 43.4 Å². The molecule has 6 heteroatoms. The van der Waals surface area contributed by atoms with Crippen molar-refractivity contribution in [2.24, 2.45) is 0 Å². The third-order valence-corrected chi connectivity index (χ3v) is 6.36. The average Bonchev–Trinajstić information content (AvgIpc) is 2.48. The number of hydrogen-bond acceptors (Lipinski definition) is 4. The number of fused-ring (bicyclic) bond motifs is 1. The zero-order chi connectivity index (χ0) is 14.9. The van der Waals surface area contributed by atoms with E-state index in [4.69, 9.17) is 10.5 Å². The van der Waals surface area contributed by atoms with Crippen LogP contribution in [0.5, 0.6) is 0 Å². The Hall–Kier alpha value is -1.11. The fourth-order valence-electron chi connectivity index (χ4n) is 3.24. The Morgan fingerprint density at radius 1 is 1.19 bits per heavy atom. The van der Waals surface area contributed by atoms with Gasteiger partial charge in [-0.3, -0.25) is 0 Å². The Morgan fingerprint density at radius 2 is 1.95 bits per heavy atom. The zero-order valence-electron chi connectivity index (χ0n) is 12.0. The van der Waals surface area contributed by atoms with Gasteiger partial charge in [0.05, 0.1) is 5.25 Å². The van der Waals surface area contributed by atoms with E-state index >= 15 is 0 Å². The highest BCUT2D eigenvalue weighted by Gasteiger charge is 2.31. The SMILES string of the molecule is Nc1ccc2c(c1)CCCC2NS(=O)(=O)C1CCOCC1. The molecule has 1 unspecified atom stereocenters. The summed E-state index contributed by atoms with van der Waals surface area (Å²) in [6, 6.07) is 5.65. The van der Waals surface area contributed by atoms with Gasteiger partial charge < -0.3 is 10.5 Å². The van der Waals surface area contributed by atoms with Gasteiger partial charge in [0.2, 0.25) is 10.0 Å². The van der Waals surface area contributed by atoms with E-state index in [1.807, 2.05) is 18.2 Å². The minimum Gasteiger partial charge on any atom is -0.399 e. The van der Waals surface area contributed by atoms with Crippen LogP contribution in [-0.4, -0.2) is 26.9 Å². The van der Waals surface area contributed by atoms with Crippen molar-refractivity contribution in [3.8, 4) is 0 Å². The summed E-state index contributed by atoms with van der Waals surface area (Å²) in [5, 5.41) is -0.328. The van der Waals surface area contributed by atoms with Crippen LogP contribution in [0.2, 0.25) is 0 Å². The van der Waals surface area contributed by atoms with Crippen LogP contribution in [-0.2, 0) is 21.2 Å². The molecule has 0 amide bonds. The van der Waals surface area contributed by atoms with Crippen molar-refractivity contribution < 1.29 is 13.2 Å². The molecule has 0 bridgehead atoms. The van der Waals surface area contributed by atoms with Crippen LogP contribution in [0.1, 0.15) is 42.9 Å². The van der Waals surface area contributed by atoms with Crippen molar-refractivity contribution in [3.63, 3.8) is 0 Å². The number of aryl methyl sites for hydroxylation is 1. The van der Waals surface area contributed by atoms with Crippen LogP contribution >= 0.6 is 0 Å². The molecule has 2 aliphatic rings. The minimum atomic E-state index is -3.30. The molecule has 1 fully saturated rings. The Morgan fingerprint density at radius 3 is 2.71 bits per heavy atom. The van der Waals surface area contributed by atoms with Crippen molar-refractivity contribution >= 4 is 15.7 Å². The molecule has 1 aromatic rings. The third-order valence-electron chi connectivity index (χ3n) is 4.40. The van der Waals surface area contributed by atoms with Gasteiger partial charge in [0.1, 0.15) is 0 Å². The van der Waals surface area contributed by atoms with E-state index in [0.717, 1.165) is 30.5 Å². The second-order valence-electron chi connectivity index (χ2n) is 5.88. The van der Waals surface area contributed by atoms with Gasteiger partial charge >= 0.3 is 0 Å². The lowest BCUT2D eigenvalue weighted by atomic mass is 9.88. The number of nitrogen functional groups attached to an aromatic ring is 1. The Bertz CT molecular complexity index is 609. The maximum atomic E-state index is 12.5. The molecule has 1 saturated heterocycles. The molecular weight excluding hydrogens is 288 g/mol. The van der Waals surface area contributed by atoms with Gasteiger partial charge in [-0.05, 0) is 55.4 Å². The standard InChI is InChI=1S/C15H22N2O3S/c16-12-4-5-14-11(10-12)2-1-3-15(14)17-21(18,19)13-6-8-20-9-7-13/h4-5,10,13,15,17H,1-3,6-9,16H2. The summed E-state index contributed by atoms with van der Waals surface area (Å²) in [4.78, 5) is 0. The van der Waals surface area contributed by atoms with E-state index in [-0.39, 0.29) is 11.3 Å². The van der Waals surface area contributed by atoms with Gasteiger partial charge in [0.15, 0.2) is 0 Å². The molecular formula is C15H22N2O3S. The largest absolute Gasteiger partial charge is 0.399 e. The van der Waals surface area contributed by atoms with Gasteiger partial charge in [-0.15, -0.1) is 0 Å². The first kappa shape index (κ1) is 14.8. The molecule has 1 aliphatic heterocycles. The first-order chi connectivity index (χ1) is 10.1. The summed E-state index contributed by atoms with van der Waals surface area (Å²) in [5.41, 5.74) is 8.80. The van der Waals surface area contributed by atoms with Gasteiger partial charge in [-0.2, -0.15) is 0 Å². The molecule has 1 atom stereocenters. The molecule has 1 aliphatic carbocycles. The van der Waals surface area contributed by atoms with Gasteiger partial charge in [0.25, 0.3) is 0 Å². The van der Waals surface area contributed by atoms with Crippen molar-refractivity contribution in [1.82, 2.24) is 4.72 Å². The van der Waals surface area contributed by atoms with Crippen LogP contribution in [0, 0.1) is 0 Å². The second-order valence-corrected chi connectivity index (χ2v) is 7.87. The van der Waals surface area contributed by atoms with Crippen molar-refractivity contribution in [1.29, 1.82) is 0 Å². The summed E-state index contributed by atoms with van der Waals surface area (Å²) in [6.07, 6.45) is 3.96. The average molecular weight is 310 g/mol. The topological polar surface area (TPSA) is 81.4 Å². The number of nitrogens with two attached hydrogens (primary N) is 1. The predicted molar refractivity (Wildman–Crippen MR) is 82.4 cm³/mol. The number of benzene rings is 1. The number of nitrogens with one attached hydrogen (secondary N) is 1. The van der Waals surface area contributed by atoms with E-state index in [1.165, 1.54) is 5.56 Å². The van der Waals surface area contributed by atoms with Gasteiger partial charge in [-0.1, -0.05) is 6.07 Å². The zero-order valence-corrected chi connectivity index (χ0v) is 12.9. The molecule has 21 heavy (non-hydrogen) atoms. The fraction of sp³-hybridized carbons (Fsp3) is 0.600. The van der Waals surface area contributed by atoms with Gasteiger partial charge in [-0.25, -0.2) is 13.1 Å². The van der Waals surface area contributed by atoms with E-state index in [1.54, 1.807) is 0 Å². The molecule has 3 rings (SSSR count). The maximum Gasteiger partial charge on any atom is 0.215 e. The molecule has 1 heterocycles. The fourth-order valence-corrected chi connectivity index (χ4v) is 4.88. The smallest absolute Gasteiger partial charge is 0.215 e. The lowest BCUT2D eigenvalue weighted by Gasteiger charge is -2.29. The lowest BCUT2D eigenvalue weighted by Crippen LogP contribution is -2.40. The van der Waals surface area contributed by atoms with E-state index < -0.39 is 10.0 Å². The third kappa shape index (κ3) is 3.22. The normalized spacial score (nSPS) is 23.7. The minimum absolute atomic E-state index is 0.123. The highest BCUT2D eigenvalue weighted by atomic mass is 32.2. The summed E-state index contributed by atoms with van der Waals surface area (Å²) in [5.74, 6) is 0.